The standard InChI is InChI=1S/C17H24N4O2/c1-2-5-14(6-3-1)21-10-8-20(9-11-21)13-16-18-19-17(23-16)15-7-4-12-22-15/h4,7,12,14H,1-3,5-6,8-11,13H2. The molecule has 6 heteroatoms. The molecule has 2 aromatic rings. The van der Waals surface area contributed by atoms with Crippen LogP contribution in [0.5, 0.6) is 0 Å². The summed E-state index contributed by atoms with van der Waals surface area (Å²) in [6.45, 7) is 5.20. The quantitative estimate of drug-likeness (QED) is 0.864. The summed E-state index contributed by atoms with van der Waals surface area (Å²) < 4.78 is 11.0. The second-order valence-electron chi connectivity index (χ2n) is 6.58. The molecule has 2 fully saturated rings. The van der Waals surface area contributed by atoms with Gasteiger partial charge in [0.25, 0.3) is 5.89 Å². The zero-order valence-electron chi connectivity index (χ0n) is 13.5. The molecule has 0 spiro atoms. The Morgan fingerprint density at radius 3 is 2.61 bits per heavy atom. The van der Waals surface area contributed by atoms with Gasteiger partial charge in [0.05, 0.1) is 12.8 Å². The number of piperazine rings is 1. The predicted molar refractivity (Wildman–Crippen MR) is 85.7 cm³/mol. The van der Waals surface area contributed by atoms with Crippen LogP contribution in [-0.2, 0) is 6.54 Å². The van der Waals surface area contributed by atoms with Crippen LogP contribution in [0.2, 0.25) is 0 Å². The van der Waals surface area contributed by atoms with Crippen molar-refractivity contribution in [2.24, 2.45) is 0 Å². The van der Waals surface area contributed by atoms with Crippen molar-refractivity contribution in [2.75, 3.05) is 26.2 Å². The van der Waals surface area contributed by atoms with E-state index >= 15 is 0 Å². The van der Waals surface area contributed by atoms with Crippen LogP contribution in [0.1, 0.15) is 38.0 Å². The fourth-order valence-electron chi connectivity index (χ4n) is 3.74. The summed E-state index contributed by atoms with van der Waals surface area (Å²) in [4.78, 5) is 5.08. The van der Waals surface area contributed by atoms with Gasteiger partial charge in [-0.2, -0.15) is 0 Å². The van der Waals surface area contributed by atoms with Crippen LogP contribution in [0, 0.1) is 0 Å². The average molecular weight is 316 g/mol. The summed E-state index contributed by atoms with van der Waals surface area (Å²) in [5.41, 5.74) is 0. The first-order valence-electron chi connectivity index (χ1n) is 8.71. The summed E-state index contributed by atoms with van der Waals surface area (Å²) in [5.74, 6) is 1.76. The molecule has 2 aromatic heterocycles. The van der Waals surface area contributed by atoms with E-state index in [1.54, 1.807) is 6.26 Å². The van der Waals surface area contributed by atoms with Gasteiger partial charge < -0.3 is 8.83 Å². The Morgan fingerprint density at radius 1 is 1.04 bits per heavy atom. The second-order valence-corrected chi connectivity index (χ2v) is 6.58. The lowest BCUT2D eigenvalue weighted by Crippen LogP contribution is -2.50. The van der Waals surface area contributed by atoms with Gasteiger partial charge in [0, 0.05) is 32.2 Å². The van der Waals surface area contributed by atoms with E-state index < -0.39 is 0 Å². The molecular weight excluding hydrogens is 292 g/mol. The largest absolute Gasteiger partial charge is 0.459 e. The molecule has 23 heavy (non-hydrogen) atoms. The summed E-state index contributed by atoms with van der Waals surface area (Å²) >= 11 is 0. The smallest absolute Gasteiger partial charge is 0.283 e. The van der Waals surface area contributed by atoms with E-state index in [0.717, 1.165) is 38.8 Å². The number of furan rings is 1. The lowest BCUT2D eigenvalue weighted by molar-refractivity contribution is 0.0714. The second kappa shape index (κ2) is 6.84. The van der Waals surface area contributed by atoms with Crippen molar-refractivity contribution in [1.29, 1.82) is 0 Å². The van der Waals surface area contributed by atoms with E-state index in [0.29, 0.717) is 17.5 Å². The van der Waals surface area contributed by atoms with Gasteiger partial charge in [-0.1, -0.05) is 19.3 Å². The third-order valence-corrected chi connectivity index (χ3v) is 5.06. The molecule has 4 rings (SSSR count). The van der Waals surface area contributed by atoms with Crippen LogP contribution in [0.25, 0.3) is 11.7 Å². The number of hydrogen-bond donors (Lipinski definition) is 0. The van der Waals surface area contributed by atoms with Crippen molar-refractivity contribution >= 4 is 0 Å². The number of aromatic nitrogens is 2. The molecule has 2 aliphatic rings. The van der Waals surface area contributed by atoms with Crippen LogP contribution in [0.4, 0.5) is 0 Å². The van der Waals surface area contributed by atoms with E-state index in [2.05, 4.69) is 20.0 Å². The Kier molecular flexibility index (Phi) is 4.43. The highest BCUT2D eigenvalue weighted by Gasteiger charge is 2.25. The molecule has 0 N–H and O–H groups in total. The maximum atomic E-state index is 5.70. The molecule has 1 aliphatic carbocycles. The lowest BCUT2D eigenvalue weighted by atomic mass is 9.94. The van der Waals surface area contributed by atoms with Crippen LogP contribution in [0.15, 0.2) is 27.2 Å². The normalized spacial score (nSPS) is 21.7. The summed E-state index contributed by atoms with van der Waals surface area (Å²) in [6.07, 6.45) is 8.62. The minimum Gasteiger partial charge on any atom is -0.459 e. The van der Waals surface area contributed by atoms with Crippen molar-refractivity contribution < 1.29 is 8.83 Å². The molecule has 124 valence electrons. The minimum absolute atomic E-state index is 0.464. The predicted octanol–water partition coefficient (Wildman–Crippen LogP) is 2.78. The topological polar surface area (TPSA) is 58.5 Å². The maximum absolute atomic E-state index is 5.70. The van der Waals surface area contributed by atoms with Crippen molar-refractivity contribution in [2.45, 2.75) is 44.7 Å². The monoisotopic (exact) mass is 316 g/mol. The van der Waals surface area contributed by atoms with E-state index in [1.165, 1.54) is 32.1 Å². The molecule has 0 radical (unpaired) electrons. The highest BCUT2D eigenvalue weighted by atomic mass is 16.4. The summed E-state index contributed by atoms with van der Waals surface area (Å²) in [5, 5.41) is 8.21. The SMILES string of the molecule is c1coc(-c2nnc(CN3CCN(C4CCCCC4)CC3)o2)c1. The van der Waals surface area contributed by atoms with Gasteiger partial charge in [-0.3, -0.25) is 9.80 Å². The van der Waals surface area contributed by atoms with Crippen molar-refractivity contribution in [3.8, 4) is 11.7 Å². The molecule has 1 saturated heterocycles. The Bertz CT molecular complexity index is 596. The lowest BCUT2D eigenvalue weighted by Gasteiger charge is -2.40. The molecule has 0 bridgehead atoms. The minimum atomic E-state index is 0.464. The first-order valence-corrected chi connectivity index (χ1v) is 8.71. The molecule has 6 nitrogen and oxygen atoms in total. The Morgan fingerprint density at radius 2 is 1.87 bits per heavy atom. The molecule has 1 saturated carbocycles. The molecule has 0 unspecified atom stereocenters. The highest BCUT2D eigenvalue weighted by Crippen LogP contribution is 2.24. The van der Waals surface area contributed by atoms with Crippen molar-refractivity contribution in [3.63, 3.8) is 0 Å². The van der Waals surface area contributed by atoms with E-state index in [-0.39, 0.29) is 0 Å². The van der Waals surface area contributed by atoms with Crippen molar-refractivity contribution in [1.82, 2.24) is 20.0 Å². The van der Waals surface area contributed by atoms with Crippen LogP contribution < -0.4 is 0 Å². The van der Waals surface area contributed by atoms with Gasteiger partial charge in [-0.05, 0) is 25.0 Å². The summed E-state index contributed by atoms with van der Waals surface area (Å²) in [6, 6.07) is 4.48. The van der Waals surface area contributed by atoms with Gasteiger partial charge in [-0.25, -0.2) is 0 Å². The first-order chi connectivity index (χ1) is 11.4. The Hall–Kier alpha value is -1.66. The van der Waals surface area contributed by atoms with Crippen LogP contribution in [-0.4, -0.2) is 52.2 Å². The Labute approximate surface area is 136 Å². The number of rotatable bonds is 4. The molecule has 0 atom stereocenters. The van der Waals surface area contributed by atoms with E-state index in [1.807, 2.05) is 12.1 Å². The zero-order chi connectivity index (χ0) is 15.5. The summed E-state index contributed by atoms with van der Waals surface area (Å²) in [7, 11) is 0. The third kappa shape index (κ3) is 3.48. The van der Waals surface area contributed by atoms with Crippen LogP contribution in [0.3, 0.4) is 0 Å². The van der Waals surface area contributed by atoms with Crippen molar-refractivity contribution in [3.05, 3.63) is 24.3 Å². The van der Waals surface area contributed by atoms with E-state index in [9.17, 15) is 0 Å². The van der Waals surface area contributed by atoms with Gasteiger partial charge in [0.1, 0.15) is 0 Å². The third-order valence-electron chi connectivity index (χ3n) is 5.06. The van der Waals surface area contributed by atoms with Gasteiger partial charge >= 0.3 is 0 Å². The number of hydrogen-bond acceptors (Lipinski definition) is 6. The average Bonchev–Trinajstić information content (AvgIpc) is 3.28. The number of nitrogens with zero attached hydrogens (tertiary/aromatic N) is 4. The maximum Gasteiger partial charge on any atom is 0.283 e. The molecule has 3 heterocycles. The molecular formula is C17H24N4O2. The van der Waals surface area contributed by atoms with Gasteiger partial charge in [0.15, 0.2) is 5.76 Å². The highest BCUT2D eigenvalue weighted by molar-refractivity contribution is 5.42. The Balaban J connectivity index is 1.29. The molecule has 1 aliphatic heterocycles. The van der Waals surface area contributed by atoms with Crippen LogP contribution >= 0.6 is 0 Å². The zero-order valence-corrected chi connectivity index (χ0v) is 13.5. The molecule has 0 amide bonds. The van der Waals surface area contributed by atoms with Gasteiger partial charge in [0.2, 0.25) is 5.89 Å². The van der Waals surface area contributed by atoms with Gasteiger partial charge in [-0.15, -0.1) is 10.2 Å². The fourth-order valence-corrected chi connectivity index (χ4v) is 3.74. The molecule has 0 aromatic carbocycles. The first kappa shape index (κ1) is 14.9. The fraction of sp³-hybridized carbons (Fsp3) is 0.647. The van der Waals surface area contributed by atoms with E-state index in [4.69, 9.17) is 8.83 Å².